The van der Waals surface area contributed by atoms with Crippen molar-refractivity contribution in [3.63, 3.8) is 0 Å². The molecule has 5 atom stereocenters. The molecule has 11 heteroatoms. The van der Waals surface area contributed by atoms with E-state index in [-0.39, 0.29) is 23.4 Å². The zero-order chi connectivity index (χ0) is 27.5. The molecule has 2 heterocycles. The minimum absolute atomic E-state index is 0.0507. The summed E-state index contributed by atoms with van der Waals surface area (Å²) in [5.41, 5.74) is -0.225. The van der Waals surface area contributed by atoms with Gasteiger partial charge in [0.2, 0.25) is 0 Å². The molecule has 0 radical (unpaired) electrons. The van der Waals surface area contributed by atoms with Gasteiger partial charge in [-0.3, -0.25) is 19.1 Å². The Kier molecular flexibility index (Phi) is 9.30. The van der Waals surface area contributed by atoms with E-state index in [0.717, 1.165) is 10.1 Å². The minimum atomic E-state index is -2.40. The third-order valence-electron chi connectivity index (χ3n) is 7.11. The number of ketones is 1. The van der Waals surface area contributed by atoms with E-state index in [2.05, 4.69) is 41.7 Å². The summed E-state index contributed by atoms with van der Waals surface area (Å²) in [7, 11) is -2.40. The summed E-state index contributed by atoms with van der Waals surface area (Å²) in [5.74, 6) is -0.588. The Bertz CT molecular complexity index is 1240. The number of ether oxygens (including phenoxy) is 1. The zero-order valence-electron chi connectivity index (χ0n) is 21.7. The number of hydrogen-bond donors (Lipinski definition) is 3. The van der Waals surface area contributed by atoms with Crippen LogP contribution in [0.1, 0.15) is 44.5 Å². The summed E-state index contributed by atoms with van der Waals surface area (Å²) in [6, 6.07) is 9.40. The molecular weight excluding hydrogens is 560 g/mol. The number of Topliss-reactive ketones (excluding diaryl/α,β-unsaturated/α-hetero) is 1. The van der Waals surface area contributed by atoms with Gasteiger partial charge in [-0.25, -0.2) is 4.79 Å². The molecule has 1 fully saturated rings. The highest BCUT2D eigenvalue weighted by Gasteiger charge is 2.47. The summed E-state index contributed by atoms with van der Waals surface area (Å²) in [4.78, 5) is 41.7. The number of nitrogens with zero attached hydrogens (tertiary/aromatic N) is 1. The molecule has 0 aliphatic carbocycles. The van der Waals surface area contributed by atoms with Crippen LogP contribution in [0, 0.1) is 0 Å². The van der Waals surface area contributed by atoms with Gasteiger partial charge < -0.3 is 19.4 Å². The highest BCUT2D eigenvalue weighted by atomic mass is 79.9. The maximum absolute atomic E-state index is 13.6. The third kappa shape index (κ3) is 6.84. The first-order chi connectivity index (χ1) is 17.2. The Morgan fingerprint density at radius 3 is 2.54 bits per heavy atom. The number of H-pyrrole nitrogens is 1. The van der Waals surface area contributed by atoms with Crippen molar-refractivity contribution in [3.05, 3.63) is 73.5 Å². The van der Waals surface area contributed by atoms with E-state index in [1.165, 1.54) is 17.3 Å². The molecule has 37 heavy (non-hydrogen) atoms. The van der Waals surface area contributed by atoms with Crippen molar-refractivity contribution >= 4 is 36.1 Å². The van der Waals surface area contributed by atoms with E-state index in [4.69, 9.17) is 9.16 Å². The minimum Gasteiger partial charge on any atom is -0.406 e. The van der Waals surface area contributed by atoms with Crippen LogP contribution in [0.4, 0.5) is 0 Å². The molecule has 0 bridgehead atoms. The fourth-order valence-corrected chi connectivity index (χ4v) is 5.50. The Labute approximate surface area is 225 Å². The van der Waals surface area contributed by atoms with Crippen LogP contribution in [0.2, 0.25) is 18.1 Å². The molecule has 202 valence electrons. The quantitative estimate of drug-likeness (QED) is 0.380. The number of aromatic amines is 1. The third-order valence-corrected chi connectivity index (χ3v) is 11.9. The Hall–Kier alpha value is -2.15. The Morgan fingerprint density at radius 1 is 1.30 bits per heavy atom. The van der Waals surface area contributed by atoms with Gasteiger partial charge in [0.15, 0.2) is 14.1 Å². The van der Waals surface area contributed by atoms with Gasteiger partial charge in [-0.1, -0.05) is 67.0 Å². The molecule has 9 nitrogen and oxygen atoms in total. The van der Waals surface area contributed by atoms with Crippen molar-refractivity contribution in [2.24, 2.45) is 0 Å². The van der Waals surface area contributed by atoms with E-state index in [1.54, 1.807) is 0 Å². The number of carbonyl (C=O) groups is 1. The zero-order valence-corrected chi connectivity index (χ0v) is 24.3. The largest absolute Gasteiger partial charge is 0.406 e. The van der Waals surface area contributed by atoms with Gasteiger partial charge in [0, 0.05) is 19.0 Å². The molecule has 1 aliphatic rings. The van der Waals surface area contributed by atoms with Gasteiger partial charge in [0.05, 0.1) is 11.7 Å². The maximum Gasteiger partial charge on any atom is 0.330 e. The lowest BCUT2D eigenvalue weighted by atomic mass is 9.97. The molecule has 0 saturated carbocycles. The average molecular weight is 596 g/mol. The molecular formula is C26H35BrN2O7Si. The number of carbonyl (C=O) groups excluding carboxylic acids is 1. The number of benzene rings is 1. The van der Waals surface area contributed by atoms with E-state index >= 15 is 0 Å². The van der Waals surface area contributed by atoms with Gasteiger partial charge in [-0.05, 0) is 34.8 Å². The van der Waals surface area contributed by atoms with E-state index in [0.29, 0.717) is 0 Å². The number of rotatable bonds is 9. The fraction of sp³-hybridized carbons (Fsp3) is 0.500. The first kappa shape index (κ1) is 29.4. The second-order valence-electron chi connectivity index (χ2n) is 10.8. The standard InChI is InChI=1S/C26H35BrN2O7Si/c1-26(2,3)37(4,5)36-19(13-16-9-7-6-8-10-16)21(31)22(32)23-18(30)14-20(35-23)29-15-17(11-12-27)24(33)28-25(29)34/h6-12,15,18-20,22-23,30,32H,13-14H2,1-5H3,(H,28,33,34)/b12-11+/t18-,19-,20+,22?,23-/m0/s1. The lowest BCUT2D eigenvalue weighted by Gasteiger charge is -2.39. The van der Waals surface area contributed by atoms with Crippen LogP contribution >= 0.6 is 15.9 Å². The van der Waals surface area contributed by atoms with Crippen LogP contribution in [0.25, 0.3) is 6.08 Å². The summed E-state index contributed by atoms with van der Waals surface area (Å²) in [5, 5.41) is 21.6. The second kappa shape index (κ2) is 11.7. The lowest BCUT2D eigenvalue weighted by molar-refractivity contribution is -0.148. The van der Waals surface area contributed by atoms with Crippen molar-refractivity contribution in [1.82, 2.24) is 9.55 Å². The van der Waals surface area contributed by atoms with Gasteiger partial charge in [0.25, 0.3) is 5.56 Å². The summed E-state index contributed by atoms with van der Waals surface area (Å²) in [6.45, 7) is 10.3. The summed E-state index contributed by atoms with van der Waals surface area (Å²) in [6.07, 6.45) is -3.12. The summed E-state index contributed by atoms with van der Waals surface area (Å²) >= 11 is 3.10. The number of aliphatic hydroxyl groups excluding tert-OH is 2. The molecule has 0 amide bonds. The average Bonchev–Trinajstić information content (AvgIpc) is 3.20. The predicted octanol–water partition coefficient (Wildman–Crippen LogP) is 3.11. The Morgan fingerprint density at radius 2 is 1.95 bits per heavy atom. The molecule has 1 unspecified atom stereocenters. The molecule has 2 aromatic rings. The SMILES string of the molecule is CC(C)(C)[Si](C)(C)O[C@@H](Cc1ccccc1)C(=O)C(O)[C@H]1O[C@@H](n2cc(/C=C/Br)c(=O)[nH]c2=O)C[C@@H]1O. The second-order valence-corrected chi connectivity index (χ2v) is 16.1. The van der Waals surface area contributed by atoms with Crippen LogP contribution in [0.15, 0.2) is 51.1 Å². The molecule has 3 N–H and O–H groups in total. The first-order valence-electron chi connectivity index (χ1n) is 12.1. The van der Waals surface area contributed by atoms with Gasteiger partial charge in [-0.15, -0.1) is 0 Å². The molecule has 1 aromatic heterocycles. The van der Waals surface area contributed by atoms with Crippen LogP contribution in [0.3, 0.4) is 0 Å². The van der Waals surface area contributed by atoms with Crippen molar-refractivity contribution in [2.45, 2.75) is 82.4 Å². The molecule has 1 aliphatic heterocycles. The van der Waals surface area contributed by atoms with Crippen LogP contribution < -0.4 is 11.2 Å². The molecule has 1 aromatic carbocycles. The Balaban J connectivity index is 1.86. The van der Waals surface area contributed by atoms with Gasteiger partial charge in [-0.2, -0.15) is 0 Å². The van der Waals surface area contributed by atoms with Crippen molar-refractivity contribution in [1.29, 1.82) is 0 Å². The smallest absolute Gasteiger partial charge is 0.330 e. The fourth-order valence-electron chi connectivity index (χ4n) is 3.95. The molecule has 0 spiro atoms. The van der Waals surface area contributed by atoms with E-state index in [1.807, 2.05) is 43.4 Å². The molecule has 1 saturated heterocycles. The van der Waals surface area contributed by atoms with Gasteiger partial charge in [0.1, 0.15) is 24.5 Å². The number of hydrogen-bond acceptors (Lipinski definition) is 7. The number of aliphatic hydroxyl groups is 2. The number of halogens is 1. The van der Waals surface area contributed by atoms with E-state index in [9.17, 15) is 24.6 Å². The highest BCUT2D eigenvalue weighted by molar-refractivity contribution is 9.11. The lowest BCUT2D eigenvalue weighted by Crippen LogP contribution is -2.51. The number of aromatic nitrogens is 2. The van der Waals surface area contributed by atoms with Gasteiger partial charge >= 0.3 is 5.69 Å². The molecule has 3 rings (SSSR count). The maximum atomic E-state index is 13.6. The van der Waals surface area contributed by atoms with Crippen molar-refractivity contribution < 1.29 is 24.2 Å². The first-order valence-corrected chi connectivity index (χ1v) is 16.0. The topological polar surface area (TPSA) is 131 Å². The monoisotopic (exact) mass is 594 g/mol. The van der Waals surface area contributed by atoms with Crippen LogP contribution in [0.5, 0.6) is 0 Å². The van der Waals surface area contributed by atoms with Crippen molar-refractivity contribution in [2.75, 3.05) is 0 Å². The predicted molar refractivity (Wildman–Crippen MR) is 147 cm³/mol. The van der Waals surface area contributed by atoms with E-state index < -0.39 is 56.0 Å². The highest BCUT2D eigenvalue weighted by Crippen LogP contribution is 2.38. The summed E-state index contributed by atoms with van der Waals surface area (Å²) < 4.78 is 13.4. The van der Waals surface area contributed by atoms with Crippen LogP contribution in [-0.4, -0.2) is 58.3 Å². The number of nitrogens with one attached hydrogen (secondary N) is 1. The normalized spacial score (nSPS) is 22.3. The van der Waals surface area contributed by atoms with Crippen molar-refractivity contribution in [3.8, 4) is 0 Å². The van der Waals surface area contributed by atoms with Crippen LogP contribution in [-0.2, 0) is 20.4 Å².